The van der Waals surface area contributed by atoms with Gasteiger partial charge in [0.2, 0.25) is 5.95 Å². The van der Waals surface area contributed by atoms with Crippen LogP contribution in [-0.2, 0) is 6.18 Å². The van der Waals surface area contributed by atoms with E-state index in [0.29, 0.717) is 32.7 Å². The molecule has 0 atom stereocenters. The van der Waals surface area contributed by atoms with Crippen molar-refractivity contribution in [3.63, 3.8) is 0 Å². The van der Waals surface area contributed by atoms with Crippen molar-refractivity contribution >= 4 is 35.4 Å². The predicted octanol–water partition coefficient (Wildman–Crippen LogP) is 7.18. The molecule has 10 heteroatoms. The number of rotatable bonds is 5. The van der Waals surface area contributed by atoms with Crippen molar-refractivity contribution in [1.29, 1.82) is 0 Å². The molecule has 2 aromatic carbocycles. The van der Waals surface area contributed by atoms with Gasteiger partial charge in [-0.1, -0.05) is 53.5 Å². The van der Waals surface area contributed by atoms with Crippen molar-refractivity contribution in [2.24, 2.45) is 5.10 Å². The molecule has 0 bridgehead atoms. The lowest BCUT2D eigenvalue weighted by molar-refractivity contribution is -0.141. The van der Waals surface area contributed by atoms with Crippen LogP contribution in [0.3, 0.4) is 0 Å². The molecule has 0 aliphatic heterocycles. The highest BCUT2D eigenvalue weighted by atomic mass is 35.5. The van der Waals surface area contributed by atoms with E-state index in [2.05, 4.69) is 20.5 Å². The summed E-state index contributed by atoms with van der Waals surface area (Å²) in [6.45, 7) is 0. The van der Waals surface area contributed by atoms with Crippen molar-refractivity contribution in [3.8, 4) is 22.6 Å². The van der Waals surface area contributed by atoms with E-state index in [1.165, 1.54) is 6.21 Å². The normalized spacial score (nSPS) is 11.8. The summed E-state index contributed by atoms with van der Waals surface area (Å²) in [5.41, 5.74) is 2.69. The Hall–Kier alpha value is -3.36. The fourth-order valence-corrected chi connectivity index (χ4v) is 3.08. The molecule has 5 nitrogen and oxygen atoms in total. The summed E-state index contributed by atoms with van der Waals surface area (Å²) >= 11 is 11.9. The third-order valence-electron chi connectivity index (χ3n) is 4.27. The van der Waals surface area contributed by atoms with Crippen LogP contribution in [0, 0.1) is 0 Å². The van der Waals surface area contributed by atoms with Crippen LogP contribution in [0.15, 0.2) is 76.2 Å². The SMILES string of the molecule is FC(F)(F)c1cc(-c2ccccc2)nc(NN=Cc2ccc(-c3ccc(Cl)c(Cl)c3)o2)n1. The van der Waals surface area contributed by atoms with Gasteiger partial charge in [-0.15, -0.1) is 0 Å². The number of hydrogen-bond donors (Lipinski definition) is 1. The molecule has 4 aromatic rings. The lowest BCUT2D eigenvalue weighted by Crippen LogP contribution is -2.11. The lowest BCUT2D eigenvalue weighted by atomic mass is 10.1. The van der Waals surface area contributed by atoms with Gasteiger partial charge in [-0.25, -0.2) is 15.4 Å². The number of halogens is 5. The largest absolute Gasteiger partial charge is 0.455 e. The number of hydrazone groups is 1. The Labute approximate surface area is 190 Å². The first-order valence-corrected chi connectivity index (χ1v) is 9.91. The van der Waals surface area contributed by atoms with Gasteiger partial charge in [-0.2, -0.15) is 18.3 Å². The van der Waals surface area contributed by atoms with Gasteiger partial charge in [-0.05, 0) is 36.4 Å². The van der Waals surface area contributed by atoms with Crippen LogP contribution in [0.4, 0.5) is 19.1 Å². The molecule has 0 fully saturated rings. The Morgan fingerprint density at radius 2 is 1.66 bits per heavy atom. The van der Waals surface area contributed by atoms with E-state index in [-0.39, 0.29) is 11.6 Å². The minimum atomic E-state index is -4.64. The van der Waals surface area contributed by atoms with E-state index >= 15 is 0 Å². The maximum atomic E-state index is 13.3. The third kappa shape index (κ3) is 5.09. The Kier molecular flexibility index (Phi) is 6.16. The summed E-state index contributed by atoms with van der Waals surface area (Å²) in [5.74, 6) is 0.576. The number of aromatic nitrogens is 2. The van der Waals surface area contributed by atoms with Gasteiger partial charge in [0, 0.05) is 11.1 Å². The van der Waals surface area contributed by atoms with E-state index < -0.39 is 11.9 Å². The van der Waals surface area contributed by atoms with Crippen molar-refractivity contribution in [2.75, 3.05) is 5.43 Å². The van der Waals surface area contributed by atoms with Crippen LogP contribution in [0.1, 0.15) is 11.5 Å². The van der Waals surface area contributed by atoms with Crippen LogP contribution >= 0.6 is 23.2 Å². The second-order valence-electron chi connectivity index (χ2n) is 6.53. The number of nitrogens with zero attached hydrogens (tertiary/aromatic N) is 3. The molecule has 0 amide bonds. The highest BCUT2D eigenvalue weighted by molar-refractivity contribution is 6.42. The number of furan rings is 1. The first-order valence-electron chi connectivity index (χ1n) is 9.15. The smallest absolute Gasteiger partial charge is 0.433 e. The maximum Gasteiger partial charge on any atom is 0.433 e. The van der Waals surface area contributed by atoms with Gasteiger partial charge >= 0.3 is 6.18 Å². The number of nitrogens with one attached hydrogen (secondary N) is 1. The van der Waals surface area contributed by atoms with Gasteiger partial charge in [0.25, 0.3) is 0 Å². The molecule has 32 heavy (non-hydrogen) atoms. The molecule has 0 saturated heterocycles. The Balaban J connectivity index is 1.55. The Bertz CT molecular complexity index is 1270. The molecule has 2 heterocycles. The van der Waals surface area contributed by atoms with Gasteiger partial charge < -0.3 is 4.42 Å². The van der Waals surface area contributed by atoms with Crippen LogP contribution in [0.5, 0.6) is 0 Å². The number of benzene rings is 2. The molecule has 162 valence electrons. The Morgan fingerprint density at radius 3 is 2.38 bits per heavy atom. The van der Waals surface area contributed by atoms with Crippen LogP contribution < -0.4 is 5.43 Å². The number of hydrogen-bond acceptors (Lipinski definition) is 5. The molecular weight excluding hydrogens is 464 g/mol. The van der Waals surface area contributed by atoms with Gasteiger partial charge in [0.15, 0.2) is 5.69 Å². The average molecular weight is 477 g/mol. The lowest BCUT2D eigenvalue weighted by Gasteiger charge is -2.10. The van der Waals surface area contributed by atoms with Crippen molar-refractivity contribution in [1.82, 2.24) is 9.97 Å². The molecular formula is C22H13Cl2F3N4O. The predicted molar refractivity (Wildman–Crippen MR) is 118 cm³/mol. The minimum Gasteiger partial charge on any atom is -0.455 e. The van der Waals surface area contributed by atoms with Crippen LogP contribution in [-0.4, -0.2) is 16.2 Å². The highest BCUT2D eigenvalue weighted by Crippen LogP contribution is 2.31. The molecule has 0 aliphatic carbocycles. The van der Waals surface area contributed by atoms with Crippen LogP contribution in [0.2, 0.25) is 10.0 Å². The van der Waals surface area contributed by atoms with Crippen molar-refractivity contribution in [3.05, 3.63) is 88.2 Å². The summed E-state index contributed by atoms with van der Waals surface area (Å²) < 4.78 is 45.5. The summed E-state index contributed by atoms with van der Waals surface area (Å²) in [6, 6.07) is 17.8. The average Bonchev–Trinajstić information content (AvgIpc) is 3.24. The first kappa shape index (κ1) is 21.9. The molecule has 0 aliphatic rings. The summed E-state index contributed by atoms with van der Waals surface area (Å²) in [7, 11) is 0. The summed E-state index contributed by atoms with van der Waals surface area (Å²) in [5, 5.41) is 4.70. The monoisotopic (exact) mass is 476 g/mol. The fourth-order valence-electron chi connectivity index (χ4n) is 2.78. The zero-order chi connectivity index (χ0) is 22.7. The quantitative estimate of drug-likeness (QED) is 0.244. The van der Waals surface area contributed by atoms with Crippen molar-refractivity contribution in [2.45, 2.75) is 6.18 Å². The maximum absolute atomic E-state index is 13.3. The minimum absolute atomic E-state index is 0.116. The fraction of sp³-hybridized carbons (Fsp3) is 0.0455. The topological polar surface area (TPSA) is 63.3 Å². The first-order chi connectivity index (χ1) is 15.3. The zero-order valence-electron chi connectivity index (χ0n) is 16.1. The van der Waals surface area contributed by atoms with E-state index in [4.69, 9.17) is 27.6 Å². The standard InChI is InChI=1S/C22H13Cl2F3N4O/c23-16-8-6-14(10-17(16)24)19-9-7-15(32-19)12-28-31-21-29-18(13-4-2-1-3-5-13)11-20(30-21)22(25,26)27/h1-12H,(H,29,30,31). The second-order valence-corrected chi connectivity index (χ2v) is 7.34. The van der Waals surface area contributed by atoms with E-state index in [0.717, 1.165) is 6.07 Å². The third-order valence-corrected chi connectivity index (χ3v) is 5.01. The van der Waals surface area contributed by atoms with Gasteiger partial charge in [-0.3, -0.25) is 0 Å². The summed E-state index contributed by atoms with van der Waals surface area (Å²) in [4.78, 5) is 7.64. The highest BCUT2D eigenvalue weighted by Gasteiger charge is 2.33. The van der Waals surface area contributed by atoms with E-state index in [1.807, 2.05) is 0 Å². The molecule has 0 spiro atoms. The van der Waals surface area contributed by atoms with Gasteiger partial charge in [0.1, 0.15) is 11.5 Å². The molecule has 1 N–H and O–H groups in total. The van der Waals surface area contributed by atoms with Gasteiger partial charge in [0.05, 0.1) is 22.0 Å². The zero-order valence-corrected chi connectivity index (χ0v) is 17.6. The Morgan fingerprint density at radius 1 is 0.875 bits per heavy atom. The molecule has 0 radical (unpaired) electrons. The summed E-state index contributed by atoms with van der Waals surface area (Å²) in [6.07, 6.45) is -3.34. The van der Waals surface area contributed by atoms with Crippen LogP contribution in [0.25, 0.3) is 22.6 Å². The van der Waals surface area contributed by atoms with E-state index in [1.54, 1.807) is 60.7 Å². The molecule has 2 aromatic heterocycles. The number of anilines is 1. The molecule has 4 rings (SSSR count). The van der Waals surface area contributed by atoms with E-state index in [9.17, 15) is 13.2 Å². The van der Waals surface area contributed by atoms with Crippen molar-refractivity contribution < 1.29 is 17.6 Å². The molecule has 0 unspecified atom stereocenters. The molecule has 0 saturated carbocycles. The second kappa shape index (κ2) is 9.02. The number of alkyl halides is 3.